The number of nitrogens with zero attached hydrogens (tertiary/aromatic N) is 1. The third-order valence-corrected chi connectivity index (χ3v) is 2.42. The molecule has 0 radical (unpaired) electrons. The molecular weight excluding hydrogens is 180 g/mol. The summed E-state index contributed by atoms with van der Waals surface area (Å²) in [6.07, 6.45) is 0.483. The summed E-state index contributed by atoms with van der Waals surface area (Å²) in [7, 11) is 0. The molecule has 1 N–H and O–H groups in total. The number of amides is 1. The van der Waals surface area contributed by atoms with Gasteiger partial charge in [0.1, 0.15) is 0 Å². The van der Waals surface area contributed by atoms with Crippen molar-refractivity contribution in [2.45, 2.75) is 40.2 Å². The van der Waals surface area contributed by atoms with Crippen molar-refractivity contribution in [2.75, 3.05) is 6.54 Å². The number of carbonyl (C=O) groups is 2. The van der Waals surface area contributed by atoms with Crippen molar-refractivity contribution in [3.05, 3.63) is 0 Å². The van der Waals surface area contributed by atoms with Gasteiger partial charge in [0.15, 0.2) is 5.78 Å². The SMILES string of the molecule is CC(=O)CN1NC(C(C)(C)C)CC1=O. The molecule has 80 valence electrons. The lowest BCUT2D eigenvalue weighted by atomic mass is 9.86. The Morgan fingerprint density at radius 1 is 1.57 bits per heavy atom. The summed E-state index contributed by atoms with van der Waals surface area (Å²) in [5, 5.41) is 1.43. The standard InChI is InChI=1S/C10H18N2O2/c1-7(13)6-12-9(14)5-8(11-12)10(2,3)4/h8,11H,5-6H2,1-4H3. The Balaban J connectivity index is 2.60. The number of rotatable bonds is 2. The highest BCUT2D eigenvalue weighted by Gasteiger charge is 2.36. The number of hydrogen-bond donors (Lipinski definition) is 1. The Kier molecular flexibility index (Phi) is 2.95. The number of carbonyl (C=O) groups excluding carboxylic acids is 2. The van der Waals surface area contributed by atoms with Crippen LogP contribution in [0.4, 0.5) is 0 Å². The molecule has 1 aliphatic rings. The van der Waals surface area contributed by atoms with Gasteiger partial charge in [0.05, 0.1) is 6.54 Å². The van der Waals surface area contributed by atoms with Gasteiger partial charge in [-0.05, 0) is 12.3 Å². The van der Waals surface area contributed by atoms with Crippen molar-refractivity contribution in [3.8, 4) is 0 Å². The van der Waals surface area contributed by atoms with Gasteiger partial charge >= 0.3 is 0 Å². The van der Waals surface area contributed by atoms with Crippen LogP contribution in [0.1, 0.15) is 34.1 Å². The predicted octanol–water partition coefficient (Wildman–Crippen LogP) is 0.727. The maximum Gasteiger partial charge on any atom is 0.238 e. The Hall–Kier alpha value is -0.900. The summed E-state index contributed by atoms with van der Waals surface area (Å²) in [5.41, 5.74) is 3.12. The molecule has 0 aromatic carbocycles. The molecule has 0 aliphatic carbocycles. The van der Waals surface area contributed by atoms with Crippen LogP contribution in [0.15, 0.2) is 0 Å². The third kappa shape index (κ3) is 2.54. The van der Waals surface area contributed by atoms with E-state index in [1.165, 1.54) is 11.9 Å². The first kappa shape index (κ1) is 11.2. The molecule has 1 unspecified atom stereocenters. The summed E-state index contributed by atoms with van der Waals surface area (Å²) in [6.45, 7) is 7.89. The fourth-order valence-corrected chi connectivity index (χ4v) is 1.45. The van der Waals surface area contributed by atoms with E-state index in [4.69, 9.17) is 0 Å². The van der Waals surface area contributed by atoms with Crippen molar-refractivity contribution < 1.29 is 9.59 Å². The highest BCUT2D eigenvalue weighted by molar-refractivity contribution is 5.85. The van der Waals surface area contributed by atoms with Crippen molar-refractivity contribution in [2.24, 2.45) is 5.41 Å². The maximum atomic E-state index is 11.5. The van der Waals surface area contributed by atoms with E-state index in [1.54, 1.807) is 0 Å². The maximum absolute atomic E-state index is 11.5. The van der Waals surface area contributed by atoms with Crippen LogP contribution in [0.5, 0.6) is 0 Å². The van der Waals surface area contributed by atoms with E-state index in [9.17, 15) is 9.59 Å². The lowest BCUT2D eigenvalue weighted by Gasteiger charge is -2.27. The molecular formula is C10H18N2O2. The lowest BCUT2D eigenvalue weighted by Crippen LogP contribution is -2.44. The molecule has 0 bridgehead atoms. The molecule has 0 aromatic heterocycles. The van der Waals surface area contributed by atoms with Crippen molar-refractivity contribution in [1.82, 2.24) is 10.4 Å². The van der Waals surface area contributed by atoms with Crippen LogP contribution < -0.4 is 5.43 Å². The monoisotopic (exact) mass is 198 g/mol. The van der Waals surface area contributed by atoms with Crippen LogP contribution in [0.3, 0.4) is 0 Å². The topological polar surface area (TPSA) is 49.4 Å². The first-order chi connectivity index (χ1) is 6.30. The average Bonchev–Trinajstić information content (AvgIpc) is 2.30. The van der Waals surface area contributed by atoms with E-state index in [1.807, 2.05) is 0 Å². The number of hydrogen-bond acceptors (Lipinski definition) is 3. The van der Waals surface area contributed by atoms with E-state index in [2.05, 4.69) is 26.2 Å². The molecule has 1 heterocycles. The van der Waals surface area contributed by atoms with Crippen LogP contribution in [0.25, 0.3) is 0 Å². The fourth-order valence-electron chi connectivity index (χ4n) is 1.45. The smallest absolute Gasteiger partial charge is 0.238 e. The van der Waals surface area contributed by atoms with Crippen LogP contribution in [0, 0.1) is 5.41 Å². The van der Waals surface area contributed by atoms with Gasteiger partial charge in [-0.1, -0.05) is 20.8 Å². The Labute approximate surface area is 84.6 Å². The molecule has 0 saturated carbocycles. The summed E-state index contributed by atoms with van der Waals surface area (Å²) in [4.78, 5) is 22.3. The lowest BCUT2D eigenvalue weighted by molar-refractivity contribution is -0.133. The predicted molar refractivity (Wildman–Crippen MR) is 53.4 cm³/mol. The van der Waals surface area contributed by atoms with Crippen LogP contribution in [-0.4, -0.2) is 29.3 Å². The molecule has 4 heteroatoms. The number of nitrogens with one attached hydrogen (secondary N) is 1. The Morgan fingerprint density at radius 3 is 2.50 bits per heavy atom. The number of ketones is 1. The third-order valence-electron chi connectivity index (χ3n) is 2.42. The molecule has 1 saturated heterocycles. The summed E-state index contributed by atoms with van der Waals surface area (Å²) < 4.78 is 0. The molecule has 1 aliphatic heterocycles. The molecule has 1 atom stereocenters. The minimum atomic E-state index is 0.000379. The Bertz CT molecular complexity index is 255. The Morgan fingerprint density at radius 2 is 2.14 bits per heavy atom. The molecule has 4 nitrogen and oxygen atoms in total. The second-order valence-corrected chi connectivity index (χ2v) is 4.93. The normalized spacial score (nSPS) is 23.0. The number of Topliss-reactive ketones (excluding diaryl/α,β-unsaturated/α-hetero) is 1. The molecule has 1 amide bonds. The highest BCUT2D eigenvalue weighted by Crippen LogP contribution is 2.26. The van der Waals surface area contributed by atoms with Crippen molar-refractivity contribution >= 4 is 11.7 Å². The summed E-state index contributed by atoms with van der Waals surface area (Å²) >= 11 is 0. The summed E-state index contributed by atoms with van der Waals surface area (Å²) in [6, 6.07) is 0.134. The minimum Gasteiger partial charge on any atom is -0.298 e. The summed E-state index contributed by atoms with van der Waals surface area (Å²) in [5.74, 6) is 0.0144. The van der Waals surface area contributed by atoms with Crippen molar-refractivity contribution in [3.63, 3.8) is 0 Å². The zero-order chi connectivity index (χ0) is 10.9. The molecule has 14 heavy (non-hydrogen) atoms. The van der Waals surface area contributed by atoms with Gasteiger partial charge in [0.2, 0.25) is 5.91 Å². The van der Waals surface area contributed by atoms with Gasteiger partial charge in [-0.3, -0.25) is 14.6 Å². The first-order valence-corrected chi connectivity index (χ1v) is 4.86. The first-order valence-electron chi connectivity index (χ1n) is 4.86. The van der Waals surface area contributed by atoms with Gasteiger partial charge in [0, 0.05) is 12.5 Å². The molecule has 0 aromatic rings. The van der Waals surface area contributed by atoms with Crippen LogP contribution in [0.2, 0.25) is 0 Å². The zero-order valence-corrected chi connectivity index (χ0v) is 9.26. The number of hydrazine groups is 1. The van der Waals surface area contributed by atoms with Gasteiger partial charge in [-0.2, -0.15) is 0 Å². The fraction of sp³-hybridized carbons (Fsp3) is 0.800. The minimum absolute atomic E-state index is 0.000379. The zero-order valence-electron chi connectivity index (χ0n) is 9.26. The van der Waals surface area contributed by atoms with Gasteiger partial charge in [-0.15, -0.1) is 0 Å². The molecule has 0 spiro atoms. The van der Waals surface area contributed by atoms with E-state index in [0.29, 0.717) is 6.42 Å². The highest BCUT2D eigenvalue weighted by atomic mass is 16.2. The largest absolute Gasteiger partial charge is 0.298 e. The van der Waals surface area contributed by atoms with E-state index >= 15 is 0 Å². The van der Waals surface area contributed by atoms with Crippen LogP contribution in [-0.2, 0) is 9.59 Å². The van der Waals surface area contributed by atoms with E-state index in [-0.39, 0.29) is 29.7 Å². The quantitative estimate of drug-likeness (QED) is 0.711. The molecule has 1 rings (SSSR count). The van der Waals surface area contributed by atoms with Crippen LogP contribution >= 0.6 is 0 Å². The van der Waals surface area contributed by atoms with E-state index in [0.717, 1.165) is 0 Å². The second kappa shape index (κ2) is 3.69. The van der Waals surface area contributed by atoms with Gasteiger partial charge in [0.25, 0.3) is 0 Å². The second-order valence-electron chi connectivity index (χ2n) is 4.93. The van der Waals surface area contributed by atoms with Gasteiger partial charge in [-0.25, -0.2) is 5.43 Å². The molecule has 1 fully saturated rings. The van der Waals surface area contributed by atoms with E-state index < -0.39 is 0 Å². The van der Waals surface area contributed by atoms with Gasteiger partial charge < -0.3 is 0 Å². The average molecular weight is 198 g/mol. The van der Waals surface area contributed by atoms with Crippen molar-refractivity contribution in [1.29, 1.82) is 0 Å².